The van der Waals surface area contributed by atoms with Crippen LogP contribution in [0.1, 0.15) is 65.7 Å². The largest absolute Gasteiger partial charge is 0.377 e. The van der Waals surface area contributed by atoms with E-state index in [9.17, 15) is 0 Å². The van der Waals surface area contributed by atoms with Crippen LogP contribution in [0.5, 0.6) is 0 Å². The highest BCUT2D eigenvalue weighted by Gasteiger charge is 2.12. The second-order valence-electron chi connectivity index (χ2n) is 6.55. The Hall–Kier alpha value is -0.0800. The molecule has 0 aromatic heterocycles. The van der Waals surface area contributed by atoms with Crippen LogP contribution in [-0.4, -0.2) is 25.8 Å². The molecule has 0 atom stereocenters. The van der Waals surface area contributed by atoms with Crippen molar-refractivity contribution < 1.29 is 4.74 Å². The molecule has 1 aliphatic carbocycles. The summed E-state index contributed by atoms with van der Waals surface area (Å²) in [7, 11) is 0. The van der Waals surface area contributed by atoms with E-state index in [4.69, 9.17) is 4.74 Å². The third kappa shape index (κ3) is 8.62. The minimum Gasteiger partial charge on any atom is -0.377 e. The maximum atomic E-state index is 5.93. The van der Waals surface area contributed by atoms with Gasteiger partial charge in [0, 0.05) is 6.54 Å². The van der Waals surface area contributed by atoms with Gasteiger partial charge >= 0.3 is 0 Å². The normalized spacial score (nSPS) is 19.2. The molecule has 0 amide bonds. The van der Waals surface area contributed by atoms with Gasteiger partial charge in [0.2, 0.25) is 0 Å². The van der Waals surface area contributed by atoms with Crippen LogP contribution in [0.3, 0.4) is 0 Å². The zero-order chi connectivity index (χ0) is 12.6. The standard InChI is InChI=1S/C15H31NO/c1-15(2,3)10-11-16-12-13-17-14-8-6-4-5-7-9-14/h14,16H,4-13H2,1-3H3. The Morgan fingerprint density at radius 1 is 1.00 bits per heavy atom. The summed E-state index contributed by atoms with van der Waals surface area (Å²) in [5.74, 6) is 0. The molecule has 0 radical (unpaired) electrons. The highest BCUT2D eigenvalue weighted by atomic mass is 16.5. The summed E-state index contributed by atoms with van der Waals surface area (Å²) in [5, 5.41) is 3.47. The maximum absolute atomic E-state index is 5.93. The molecule has 1 fully saturated rings. The summed E-state index contributed by atoms with van der Waals surface area (Å²) < 4.78 is 5.93. The molecule has 1 rings (SSSR count). The first kappa shape index (κ1) is 15.0. The number of ether oxygens (including phenoxy) is 1. The first-order valence-corrected chi connectivity index (χ1v) is 7.40. The molecule has 0 bridgehead atoms. The van der Waals surface area contributed by atoms with Crippen LogP contribution in [0, 0.1) is 5.41 Å². The number of hydrogen-bond acceptors (Lipinski definition) is 2. The van der Waals surface area contributed by atoms with Crippen LogP contribution < -0.4 is 5.32 Å². The third-order valence-corrected chi connectivity index (χ3v) is 3.49. The Kier molecular flexibility index (Phi) is 7.14. The third-order valence-electron chi connectivity index (χ3n) is 3.49. The summed E-state index contributed by atoms with van der Waals surface area (Å²) in [5.41, 5.74) is 0.440. The van der Waals surface area contributed by atoms with Crippen LogP contribution >= 0.6 is 0 Å². The fourth-order valence-corrected chi connectivity index (χ4v) is 2.29. The van der Waals surface area contributed by atoms with E-state index in [-0.39, 0.29) is 0 Å². The Bertz CT molecular complexity index is 178. The van der Waals surface area contributed by atoms with Crippen molar-refractivity contribution in [3.8, 4) is 0 Å². The predicted octanol–water partition coefficient (Wildman–Crippen LogP) is 3.75. The Labute approximate surface area is 108 Å². The number of hydrogen-bond donors (Lipinski definition) is 1. The lowest BCUT2D eigenvalue weighted by atomic mass is 9.92. The van der Waals surface area contributed by atoms with E-state index < -0.39 is 0 Å². The fourth-order valence-electron chi connectivity index (χ4n) is 2.29. The lowest BCUT2D eigenvalue weighted by Gasteiger charge is -2.19. The zero-order valence-electron chi connectivity index (χ0n) is 12.1. The van der Waals surface area contributed by atoms with Crippen molar-refractivity contribution >= 4 is 0 Å². The van der Waals surface area contributed by atoms with E-state index in [1.807, 2.05) is 0 Å². The predicted molar refractivity (Wildman–Crippen MR) is 74.4 cm³/mol. The highest BCUT2D eigenvalue weighted by molar-refractivity contribution is 4.65. The molecule has 17 heavy (non-hydrogen) atoms. The average molecular weight is 241 g/mol. The van der Waals surface area contributed by atoms with Gasteiger partial charge in [-0.1, -0.05) is 46.5 Å². The van der Waals surface area contributed by atoms with E-state index in [1.54, 1.807) is 0 Å². The Balaban J connectivity index is 1.93. The minimum absolute atomic E-state index is 0.440. The van der Waals surface area contributed by atoms with Crippen LogP contribution in [0.25, 0.3) is 0 Å². The molecule has 1 saturated carbocycles. The topological polar surface area (TPSA) is 21.3 Å². The van der Waals surface area contributed by atoms with Crippen molar-refractivity contribution in [2.24, 2.45) is 5.41 Å². The lowest BCUT2D eigenvalue weighted by molar-refractivity contribution is 0.0450. The van der Waals surface area contributed by atoms with Crippen molar-refractivity contribution in [2.45, 2.75) is 71.8 Å². The van der Waals surface area contributed by atoms with Crippen molar-refractivity contribution in [2.75, 3.05) is 19.7 Å². The molecule has 2 heteroatoms. The number of rotatable bonds is 6. The van der Waals surface area contributed by atoms with E-state index in [2.05, 4.69) is 26.1 Å². The van der Waals surface area contributed by atoms with Crippen molar-refractivity contribution in [3.05, 3.63) is 0 Å². The molecular weight excluding hydrogens is 210 g/mol. The number of nitrogens with one attached hydrogen (secondary N) is 1. The van der Waals surface area contributed by atoms with Crippen molar-refractivity contribution in [3.63, 3.8) is 0 Å². The first-order valence-electron chi connectivity index (χ1n) is 7.40. The molecule has 2 nitrogen and oxygen atoms in total. The smallest absolute Gasteiger partial charge is 0.0594 e. The maximum Gasteiger partial charge on any atom is 0.0594 e. The zero-order valence-corrected chi connectivity index (χ0v) is 12.1. The van der Waals surface area contributed by atoms with E-state index in [1.165, 1.54) is 44.9 Å². The molecule has 0 aromatic carbocycles. The lowest BCUT2D eigenvalue weighted by Crippen LogP contribution is -2.26. The van der Waals surface area contributed by atoms with E-state index in [0.29, 0.717) is 11.5 Å². The molecule has 0 heterocycles. The second-order valence-corrected chi connectivity index (χ2v) is 6.55. The van der Waals surface area contributed by atoms with Gasteiger partial charge in [-0.15, -0.1) is 0 Å². The van der Waals surface area contributed by atoms with Gasteiger partial charge in [-0.05, 0) is 31.2 Å². The van der Waals surface area contributed by atoms with Crippen molar-refractivity contribution in [1.82, 2.24) is 5.32 Å². The van der Waals surface area contributed by atoms with Gasteiger partial charge in [-0.2, -0.15) is 0 Å². The molecule has 102 valence electrons. The summed E-state index contributed by atoms with van der Waals surface area (Å²) in [6, 6.07) is 0. The SMILES string of the molecule is CC(C)(C)CCNCCOC1CCCCCC1. The van der Waals surface area contributed by atoms with E-state index in [0.717, 1.165) is 19.7 Å². The molecule has 0 spiro atoms. The average Bonchev–Trinajstić information content (AvgIpc) is 2.50. The molecular formula is C15H31NO. The van der Waals surface area contributed by atoms with Crippen LogP contribution in [0.15, 0.2) is 0 Å². The molecule has 1 N–H and O–H groups in total. The molecule has 1 aliphatic rings. The molecule has 0 unspecified atom stereocenters. The fraction of sp³-hybridized carbons (Fsp3) is 1.00. The van der Waals surface area contributed by atoms with Crippen LogP contribution in [-0.2, 0) is 4.74 Å². The molecule has 0 saturated heterocycles. The summed E-state index contributed by atoms with van der Waals surface area (Å²) in [4.78, 5) is 0. The quantitative estimate of drug-likeness (QED) is 0.565. The first-order chi connectivity index (χ1) is 8.08. The van der Waals surface area contributed by atoms with Gasteiger partial charge < -0.3 is 10.1 Å². The van der Waals surface area contributed by atoms with E-state index >= 15 is 0 Å². The van der Waals surface area contributed by atoms with Gasteiger partial charge in [0.05, 0.1) is 12.7 Å². The minimum atomic E-state index is 0.440. The highest BCUT2D eigenvalue weighted by Crippen LogP contribution is 2.19. The van der Waals surface area contributed by atoms with Gasteiger partial charge in [-0.25, -0.2) is 0 Å². The van der Waals surface area contributed by atoms with Crippen LogP contribution in [0.4, 0.5) is 0 Å². The van der Waals surface area contributed by atoms with Gasteiger partial charge in [0.15, 0.2) is 0 Å². The summed E-state index contributed by atoms with van der Waals surface area (Å²) in [6.45, 7) is 9.86. The summed E-state index contributed by atoms with van der Waals surface area (Å²) >= 11 is 0. The monoisotopic (exact) mass is 241 g/mol. The van der Waals surface area contributed by atoms with Crippen molar-refractivity contribution in [1.29, 1.82) is 0 Å². The summed E-state index contributed by atoms with van der Waals surface area (Å²) in [6.07, 6.45) is 9.87. The van der Waals surface area contributed by atoms with Gasteiger partial charge in [-0.3, -0.25) is 0 Å². The molecule has 0 aliphatic heterocycles. The Morgan fingerprint density at radius 3 is 2.24 bits per heavy atom. The van der Waals surface area contributed by atoms with Gasteiger partial charge in [0.1, 0.15) is 0 Å². The second kappa shape index (κ2) is 8.10. The molecule has 0 aromatic rings. The van der Waals surface area contributed by atoms with Gasteiger partial charge in [0.25, 0.3) is 0 Å². The Morgan fingerprint density at radius 2 is 1.65 bits per heavy atom. The van der Waals surface area contributed by atoms with Crippen LogP contribution in [0.2, 0.25) is 0 Å².